The molecule has 0 atom stereocenters. The molecule has 4 nitrogen and oxygen atoms in total. The Morgan fingerprint density at radius 3 is 1.69 bits per heavy atom. The van der Waals surface area contributed by atoms with Crippen molar-refractivity contribution in [3.05, 3.63) is 9.81 Å². The molecule has 1 rings (SSSR count). The van der Waals surface area contributed by atoms with E-state index in [1.165, 1.54) is 20.2 Å². The predicted molar refractivity (Wildman–Crippen MR) is 53.2 cm³/mol. The normalized spacial score (nSPS) is 19.7. The molecular formula is C6H6GeN2O2S2. The average Bonchev–Trinajstić information content (AvgIpc) is 2.57. The molecule has 0 saturated carbocycles. The molecule has 0 N–H and O–H groups in total. The van der Waals surface area contributed by atoms with Gasteiger partial charge in [0.25, 0.3) is 0 Å². The molecule has 1 heterocycles. The molecule has 0 aliphatic carbocycles. The summed E-state index contributed by atoms with van der Waals surface area (Å²) in [6, 6.07) is 3.95. The number of rotatable bonds is 2. The number of hydrogen-bond donors (Lipinski definition) is 0. The third-order valence-electron chi connectivity index (χ3n) is 1.36. The molecule has 1 aliphatic heterocycles. The SMILES string of the molecule is C[O][Ge]1([O]C)[S]C(C#N)=C(C#N)[S]1. The van der Waals surface area contributed by atoms with Crippen molar-refractivity contribution >= 4 is 31.8 Å². The Hall–Kier alpha value is -0.117. The molecule has 13 heavy (non-hydrogen) atoms. The molecule has 0 saturated heterocycles. The Labute approximate surface area is 86.0 Å². The van der Waals surface area contributed by atoms with Gasteiger partial charge in [-0.05, 0) is 0 Å². The second-order valence-corrected chi connectivity index (χ2v) is 16.5. The van der Waals surface area contributed by atoms with Crippen LogP contribution in [0.4, 0.5) is 0 Å². The fourth-order valence-electron chi connectivity index (χ4n) is 0.761. The second kappa shape index (κ2) is 4.40. The third kappa shape index (κ3) is 2.03. The van der Waals surface area contributed by atoms with Crippen LogP contribution in [0.25, 0.3) is 0 Å². The van der Waals surface area contributed by atoms with Crippen molar-refractivity contribution in [3.63, 3.8) is 0 Å². The Balaban J connectivity index is 2.91. The van der Waals surface area contributed by atoms with Crippen LogP contribution in [0.2, 0.25) is 0 Å². The van der Waals surface area contributed by atoms with Crippen molar-refractivity contribution in [1.29, 1.82) is 10.5 Å². The first-order valence-corrected chi connectivity index (χ1v) is 11.7. The average molecular weight is 275 g/mol. The first-order chi connectivity index (χ1) is 6.21. The number of nitrogens with zero attached hydrogens (tertiary/aromatic N) is 2. The van der Waals surface area contributed by atoms with Crippen LogP contribution in [0.1, 0.15) is 0 Å². The van der Waals surface area contributed by atoms with Gasteiger partial charge in [0.2, 0.25) is 0 Å². The van der Waals surface area contributed by atoms with Gasteiger partial charge in [0.1, 0.15) is 0 Å². The quantitative estimate of drug-likeness (QED) is 0.710. The van der Waals surface area contributed by atoms with Crippen LogP contribution in [0.5, 0.6) is 0 Å². The van der Waals surface area contributed by atoms with Crippen LogP contribution in [-0.4, -0.2) is 25.9 Å². The fraction of sp³-hybridized carbons (Fsp3) is 0.333. The van der Waals surface area contributed by atoms with E-state index in [9.17, 15) is 0 Å². The first kappa shape index (κ1) is 11.0. The van der Waals surface area contributed by atoms with Crippen LogP contribution in [0, 0.1) is 22.7 Å². The van der Waals surface area contributed by atoms with Gasteiger partial charge in [-0.15, -0.1) is 0 Å². The van der Waals surface area contributed by atoms with Gasteiger partial charge in [-0.3, -0.25) is 0 Å². The molecule has 0 amide bonds. The molecule has 0 radical (unpaired) electrons. The maximum atomic E-state index is 8.72. The molecule has 68 valence electrons. The van der Waals surface area contributed by atoms with Crippen molar-refractivity contribution in [3.8, 4) is 12.1 Å². The minimum absolute atomic E-state index is 0.427. The van der Waals surface area contributed by atoms with E-state index in [0.29, 0.717) is 9.81 Å². The zero-order valence-electron chi connectivity index (χ0n) is 7.03. The summed E-state index contributed by atoms with van der Waals surface area (Å²) in [5.41, 5.74) is 0. The van der Waals surface area contributed by atoms with Crippen molar-refractivity contribution in [2.24, 2.45) is 0 Å². The van der Waals surface area contributed by atoms with Crippen LogP contribution in [0.3, 0.4) is 0 Å². The Bertz CT molecular complexity index is 299. The minimum atomic E-state index is -2.95. The van der Waals surface area contributed by atoms with Crippen LogP contribution in [0.15, 0.2) is 9.81 Å². The molecule has 7 heteroatoms. The van der Waals surface area contributed by atoms with E-state index >= 15 is 0 Å². The fourth-order valence-corrected chi connectivity index (χ4v) is 14.1. The summed E-state index contributed by atoms with van der Waals surface area (Å²) < 4.78 is 10.5. The number of hydrogen-bond acceptors (Lipinski definition) is 6. The van der Waals surface area contributed by atoms with Gasteiger partial charge in [-0.1, -0.05) is 0 Å². The summed E-state index contributed by atoms with van der Waals surface area (Å²) in [5, 5.41) is 17.4. The molecule has 1 aliphatic rings. The number of allylic oxidation sites excluding steroid dienone is 2. The maximum absolute atomic E-state index is 8.72. The molecule has 0 aromatic heterocycles. The van der Waals surface area contributed by atoms with Crippen molar-refractivity contribution in [1.82, 2.24) is 0 Å². The van der Waals surface area contributed by atoms with Gasteiger partial charge < -0.3 is 0 Å². The van der Waals surface area contributed by atoms with Crippen LogP contribution < -0.4 is 0 Å². The zero-order chi connectivity index (χ0) is 9.90. The summed E-state index contributed by atoms with van der Waals surface area (Å²) in [4.78, 5) is 0.854. The Kier molecular flexibility index (Phi) is 3.71. The van der Waals surface area contributed by atoms with Crippen LogP contribution >= 0.6 is 20.2 Å². The van der Waals surface area contributed by atoms with Crippen molar-refractivity contribution in [2.75, 3.05) is 14.2 Å². The molecule has 0 unspecified atom stereocenters. The van der Waals surface area contributed by atoms with E-state index in [0.717, 1.165) is 0 Å². The molecule has 0 bridgehead atoms. The molecular weight excluding hydrogens is 269 g/mol. The van der Waals surface area contributed by atoms with E-state index in [2.05, 4.69) is 0 Å². The standard InChI is InChI=1S/C6H6GeN2O2S2/c1-10-7(11-2)12-5(3-8)6(4-9)13-7/h1-2H3. The van der Waals surface area contributed by atoms with E-state index in [1.54, 1.807) is 14.2 Å². The van der Waals surface area contributed by atoms with Gasteiger partial charge in [0, 0.05) is 0 Å². The molecule has 0 spiro atoms. The summed E-state index contributed by atoms with van der Waals surface area (Å²) >= 11 is -2.95. The second-order valence-electron chi connectivity index (χ2n) is 1.99. The summed E-state index contributed by atoms with van der Waals surface area (Å²) in [5.74, 6) is 0. The molecule has 0 aromatic rings. The zero-order valence-corrected chi connectivity index (χ0v) is 10.8. The van der Waals surface area contributed by atoms with Gasteiger partial charge >= 0.3 is 86.0 Å². The summed E-state index contributed by atoms with van der Waals surface area (Å²) in [7, 11) is 5.69. The Morgan fingerprint density at radius 2 is 1.46 bits per heavy atom. The monoisotopic (exact) mass is 276 g/mol. The van der Waals surface area contributed by atoms with Gasteiger partial charge in [0.15, 0.2) is 0 Å². The van der Waals surface area contributed by atoms with Gasteiger partial charge in [0.05, 0.1) is 0 Å². The van der Waals surface area contributed by atoms with Crippen molar-refractivity contribution < 1.29 is 7.53 Å². The molecule has 0 aromatic carbocycles. The van der Waals surface area contributed by atoms with E-state index in [-0.39, 0.29) is 0 Å². The van der Waals surface area contributed by atoms with E-state index in [4.69, 9.17) is 18.1 Å². The number of nitriles is 2. The third-order valence-corrected chi connectivity index (χ3v) is 16.9. The summed E-state index contributed by atoms with van der Waals surface area (Å²) in [6.07, 6.45) is 0. The van der Waals surface area contributed by atoms with Crippen LogP contribution in [-0.2, 0) is 7.53 Å². The van der Waals surface area contributed by atoms with Gasteiger partial charge in [-0.25, -0.2) is 0 Å². The van der Waals surface area contributed by atoms with Crippen molar-refractivity contribution in [2.45, 2.75) is 0 Å². The molecule has 0 fully saturated rings. The Morgan fingerprint density at radius 1 is 1.08 bits per heavy atom. The first-order valence-electron chi connectivity index (χ1n) is 3.24. The van der Waals surface area contributed by atoms with Gasteiger partial charge in [-0.2, -0.15) is 0 Å². The van der Waals surface area contributed by atoms with E-state index in [1.807, 2.05) is 12.1 Å². The topological polar surface area (TPSA) is 66.0 Å². The predicted octanol–water partition coefficient (Wildman–Crippen LogP) is 1.45. The van der Waals surface area contributed by atoms with E-state index < -0.39 is 11.7 Å². The summed E-state index contributed by atoms with van der Waals surface area (Å²) in [6.45, 7) is 0.